The smallest absolute Gasteiger partial charge is 0.308 e. The van der Waals surface area contributed by atoms with E-state index in [1.54, 1.807) is 60.7 Å². The lowest BCUT2D eigenvalue weighted by molar-refractivity contribution is -0.138. The van der Waals surface area contributed by atoms with E-state index in [-0.39, 0.29) is 77.4 Å². The Labute approximate surface area is 493 Å². The van der Waals surface area contributed by atoms with Gasteiger partial charge in [-0.2, -0.15) is 57.9 Å². The van der Waals surface area contributed by atoms with E-state index in [9.17, 15) is 57.9 Å². The second-order valence-electron chi connectivity index (χ2n) is 21.5. The summed E-state index contributed by atoms with van der Waals surface area (Å²) < 4.78 is 183. The zero-order chi connectivity index (χ0) is 61.2. The molecule has 0 saturated carbocycles. The largest absolute Gasteiger partial charge is 0.416 e. The van der Waals surface area contributed by atoms with E-state index >= 15 is 0 Å². The molecule has 0 fully saturated rings. The molecule has 13 aromatic rings. The summed E-state index contributed by atoms with van der Waals surface area (Å²) in [5.41, 5.74) is -1.06. The number of hydrogen-bond donors (Lipinski definition) is 0. The normalized spacial score (nSPS) is 13.5. The van der Waals surface area contributed by atoms with Crippen LogP contribution in [0.3, 0.4) is 0 Å². The van der Waals surface area contributed by atoms with E-state index in [0.29, 0.717) is 22.5 Å². The summed E-state index contributed by atoms with van der Waals surface area (Å²) in [4.78, 5) is 1.99. The van der Waals surface area contributed by atoms with Crippen LogP contribution in [0.15, 0.2) is 243 Å². The highest BCUT2D eigenvalue weighted by molar-refractivity contribution is 6.16. The van der Waals surface area contributed by atoms with Crippen LogP contribution < -0.4 is 4.90 Å². The number of para-hydroxylation sites is 2. The predicted octanol–water partition coefficient (Wildman–Crippen LogP) is 21.3. The molecular formula is C72H40F12N4. The van der Waals surface area contributed by atoms with Crippen LogP contribution >= 0.6 is 0 Å². The van der Waals surface area contributed by atoms with E-state index in [1.165, 1.54) is 9.13 Å². The van der Waals surface area contributed by atoms with E-state index in [0.717, 1.165) is 95.1 Å². The summed E-state index contributed by atoms with van der Waals surface area (Å²) in [5.74, 6) is 0. The summed E-state index contributed by atoms with van der Waals surface area (Å²) >= 11 is 0. The Balaban J connectivity index is 1.28. The molecule has 88 heavy (non-hydrogen) atoms. The molecule has 0 atom stereocenters. The molecular weight excluding hydrogens is 1150 g/mol. The van der Waals surface area contributed by atoms with Gasteiger partial charge in [0.1, 0.15) is 11.6 Å². The minimum absolute atomic E-state index is 0.0844. The van der Waals surface area contributed by atoms with Crippen molar-refractivity contribution in [3.63, 3.8) is 0 Å². The van der Waals surface area contributed by atoms with Gasteiger partial charge in [0, 0.05) is 32.7 Å². The van der Waals surface area contributed by atoms with Crippen LogP contribution in [0.2, 0.25) is 0 Å². The summed E-state index contributed by atoms with van der Waals surface area (Å²) in [6, 6.07) is 65.2. The summed E-state index contributed by atoms with van der Waals surface area (Å²) in [6.07, 6.45) is -20.0. The fourth-order valence-corrected chi connectivity index (χ4v) is 13.1. The van der Waals surface area contributed by atoms with Crippen LogP contribution in [-0.2, 0) is 30.1 Å². The molecule has 16 heteroatoms. The Morgan fingerprint density at radius 3 is 0.898 bits per heavy atom. The number of anilines is 3. The molecule has 0 aliphatic carbocycles. The third-order valence-electron chi connectivity index (χ3n) is 16.7. The van der Waals surface area contributed by atoms with Crippen LogP contribution in [0.4, 0.5) is 69.7 Å². The van der Waals surface area contributed by atoms with Crippen LogP contribution in [0.25, 0.3) is 77.2 Å². The topological polar surface area (TPSA) is 36.9 Å². The van der Waals surface area contributed by atoms with E-state index < -0.39 is 52.4 Å². The molecule has 14 rings (SSSR count). The molecule has 0 spiro atoms. The Morgan fingerprint density at radius 1 is 0.318 bits per heavy atom. The second kappa shape index (κ2) is 20.0. The highest BCUT2D eigenvalue weighted by Crippen LogP contribution is 2.62. The van der Waals surface area contributed by atoms with Crippen LogP contribution in [0.1, 0.15) is 50.1 Å². The minimum Gasteiger partial charge on any atom is -0.308 e. The Bertz CT molecular complexity index is 4530. The van der Waals surface area contributed by atoms with Crippen molar-refractivity contribution in [3.05, 3.63) is 293 Å². The molecule has 1 aliphatic rings. The third-order valence-corrected chi connectivity index (χ3v) is 16.7. The standard InChI is InChI=1S/C72H40F12N4/c73-69(74,75)46-29-33-57-50(37-46)51-38-47(70(76,77)78)30-34-58(51)86(57)65-54(41-85)66(87-59-35-31-48(71(79,80)81)39-52(59)53-40-49(72(82,83)84)32-36-60(53)87)64(43-19-7-2-8-20-43)67(63(65)42-17-5-1-6-18-42)88-61-27-15-13-25-55(61)68(44-21-9-3-10-22-44,45-23-11-4-12-24-45)56-26-14-16-28-62(56)88/h1-40H. The molecule has 4 nitrogen and oxygen atoms in total. The average molecular weight is 1190 g/mol. The monoisotopic (exact) mass is 1190 g/mol. The number of alkyl halides is 12. The van der Waals surface area contributed by atoms with Crippen molar-refractivity contribution in [3.8, 4) is 39.7 Å². The maximum atomic E-state index is 15.0. The lowest BCUT2D eigenvalue weighted by Crippen LogP contribution is -2.38. The van der Waals surface area contributed by atoms with Gasteiger partial charge in [-0.05, 0) is 118 Å². The second-order valence-corrected chi connectivity index (χ2v) is 21.5. The van der Waals surface area contributed by atoms with Crippen LogP contribution in [-0.4, -0.2) is 9.13 Å². The molecule has 432 valence electrons. The highest BCUT2D eigenvalue weighted by Gasteiger charge is 2.48. The minimum atomic E-state index is -4.99. The van der Waals surface area contributed by atoms with E-state index in [2.05, 4.69) is 6.07 Å². The van der Waals surface area contributed by atoms with Crippen molar-refractivity contribution in [2.45, 2.75) is 30.1 Å². The molecule has 3 heterocycles. The number of nitriles is 1. The van der Waals surface area contributed by atoms with Gasteiger partial charge in [0.25, 0.3) is 0 Å². The third kappa shape index (κ3) is 8.53. The van der Waals surface area contributed by atoms with Gasteiger partial charge in [0.2, 0.25) is 0 Å². The van der Waals surface area contributed by atoms with Gasteiger partial charge in [0.15, 0.2) is 0 Å². The van der Waals surface area contributed by atoms with Crippen molar-refractivity contribution < 1.29 is 52.7 Å². The SMILES string of the molecule is N#Cc1c(-n2c3ccc(C(F)(F)F)cc3c3cc(C(F)(F)F)ccc32)c(-c2ccccc2)c(N2c3ccccc3C(c3ccccc3)(c3ccccc3)c3ccccc32)c(-c2ccccc2)c1-n1c2ccc(C(F)(F)F)cc2c2cc(C(F)(F)F)ccc21. The molecule has 1 aliphatic heterocycles. The maximum absolute atomic E-state index is 15.0. The first-order valence-corrected chi connectivity index (χ1v) is 27.5. The van der Waals surface area contributed by atoms with Gasteiger partial charge in [-0.1, -0.05) is 158 Å². The van der Waals surface area contributed by atoms with Gasteiger partial charge in [-0.15, -0.1) is 0 Å². The van der Waals surface area contributed by atoms with E-state index in [1.807, 2.05) is 114 Å². The van der Waals surface area contributed by atoms with Crippen molar-refractivity contribution in [2.24, 2.45) is 0 Å². The summed E-state index contributed by atoms with van der Waals surface area (Å²) in [5, 5.41) is 11.4. The number of aromatic nitrogens is 2. The van der Waals surface area contributed by atoms with Gasteiger partial charge < -0.3 is 14.0 Å². The first kappa shape index (κ1) is 55.3. The Morgan fingerprint density at radius 2 is 0.602 bits per heavy atom. The predicted molar refractivity (Wildman–Crippen MR) is 317 cm³/mol. The van der Waals surface area contributed by atoms with Gasteiger partial charge in [-0.3, -0.25) is 0 Å². The fourth-order valence-electron chi connectivity index (χ4n) is 13.1. The molecule has 0 amide bonds. The maximum Gasteiger partial charge on any atom is 0.416 e. The number of halogens is 12. The molecule has 0 saturated heterocycles. The first-order chi connectivity index (χ1) is 42.2. The molecule has 0 N–H and O–H groups in total. The van der Waals surface area contributed by atoms with Crippen molar-refractivity contribution in [1.29, 1.82) is 5.26 Å². The zero-order valence-electron chi connectivity index (χ0n) is 45.4. The van der Waals surface area contributed by atoms with Gasteiger partial charge in [0.05, 0.1) is 78.2 Å². The summed E-state index contributed by atoms with van der Waals surface area (Å²) in [7, 11) is 0. The lowest BCUT2D eigenvalue weighted by Gasteiger charge is -2.47. The number of fused-ring (bicyclic) bond motifs is 8. The molecule has 0 unspecified atom stereocenters. The Kier molecular flexibility index (Phi) is 12.6. The van der Waals surface area contributed by atoms with Crippen LogP contribution in [0.5, 0.6) is 0 Å². The average Bonchev–Trinajstić information content (AvgIpc) is 0.976. The lowest BCUT2D eigenvalue weighted by atomic mass is 9.62. The van der Waals surface area contributed by atoms with Gasteiger partial charge >= 0.3 is 24.7 Å². The highest BCUT2D eigenvalue weighted by atomic mass is 19.4. The number of hydrogen-bond acceptors (Lipinski definition) is 2. The molecule has 2 aromatic heterocycles. The van der Waals surface area contributed by atoms with Gasteiger partial charge in [-0.25, -0.2) is 0 Å². The summed E-state index contributed by atoms with van der Waals surface area (Å²) in [6.45, 7) is 0. The van der Waals surface area contributed by atoms with Crippen molar-refractivity contribution in [1.82, 2.24) is 9.13 Å². The number of rotatable bonds is 7. The quantitative estimate of drug-likeness (QED) is 0.149. The van der Waals surface area contributed by atoms with Crippen molar-refractivity contribution in [2.75, 3.05) is 4.90 Å². The first-order valence-electron chi connectivity index (χ1n) is 27.5. The fraction of sp³-hybridized carbons (Fsp3) is 0.0694. The number of nitrogens with zero attached hydrogens (tertiary/aromatic N) is 4. The van der Waals surface area contributed by atoms with E-state index in [4.69, 9.17) is 0 Å². The Hall–Kier alpha value is -10.5. The molecule has 11 aromatic carbocycles. The van der Waals surface area contributed by atoms with Crippen molar-refractivity contribution >= 4 is 60.7 Å². The zero-order valence-corrected chi connectivity index (χ0v) is 45.4. The van der Waals surface area contributed by atoms with Crippen LogP contribution in [0, 0.1) is 11.3 Å². The molecule has 0 bridgehead atoms. The number of benzene rings is 11. The molecule has 0 radical (unpaired) electrons.